The number of rotatable bonds is 20. The number of hydrogen-bond donors (Lipinski definition) is 1. The van der Waals surface area contributed by atoms with Crippen LogP contribution in [0.4, 0.5) is 0 Å². The zero-order valence-corrected chi connectivity index (χ0v) is 20.3. The molecule has 5 heteroatoms. The third-order valence-electron chi connectivity index (χ3n) is 4.50. The van der Waals surface area contributed by atoms with Crippen molar-refractivity contribution in [3.05, 3.63) is 0 Å². The number of unbranched alkanes of at least 4 members (excludes halogenated alkanes) is 14. The van der Waals surface area contributed by atoms with Crippen molar-refractivity contribution in [1.29, 1.82) is 0 Å². The van der Waals surface area contributed by atoms with Crippen LogP contribution in [-0.2, 0) is 16.3 Å². The van der Waals surface area contributed by atoms with Crippen molar-refractivity contribution < 1.29 is 4.52 Å². The maximum Gasteiger partial charge on any atom is 0.171 e. The van der Waals surface area contributed by atoms with Crippen LogP contribution < -0.4 is 0 Å². The highest BCUT2D eigenvalue weighted by Crippen LogP contribution is 2.64. The summed E-state index contributed by atoms with van der Waals surface area (Å²) in [5.41, 5.74) is 0. The first-order valence-electron chi connectivity index (χ1n) is 10.7. The minimum absolute atomic E-state index is 0.806. The van der Waals surface area contributed by atoms with Gasteiger partial charge in [-0.15, -0.1) is 12.2 Å². The summed E-state index contributed by atoms with van der Waals surface area (Å²) in [4.78, 5) is 0. The molecule has 0 bridgehead atoms. The fraction of sp³-hybridized carbons (Fsp3) is 1.00. The van der Waals surface area contributed by atoms with Crippen LogP contribution in [0.3, 0.4) is 0 Å². The molecule has 0 N–H and O–H groups in total. The average Bonchev–Trinajstić information content (AvgIpc) is 2.59. The lowest BCUT2D eigenvalue weighted by atomic mass is 10.1. The first-order valence-corrected chi connectivity index (χ1v) is 16.2. The van der Waals surface area contributed by atoms with E-state index in [1.54, 1.807) is 11.4 Å². The van der Waals surface area contributed by atoms with Crippen LogP contribution in [0.25, 0.3) is 0 Å². The fourth-order valence-corrected chi connectivity index (χ4v) is 7.27. The van der Waals surface area contributed by atoms with Crippen LogP contribution in [-0.4, -0.2) is 12.4 Å². The van der Waals surface area contributed by atoms with Crippen molar-refractivity contribution in [2.75, 3.05) is 12.4 Å². The van der Waals surface area contributed by atoms with Gasteiger partial charge in [0.25, 0.3) is 0 Å². The zero-order chi connectivity index (χ0) is 18.6. The summed E-state index contributed by atoms with van der Waals surface area (Å²) in [7, 11) is 0. The molecule has 0 aliphatic carbocycles. The van der Waals surface area contributed by atoms with Crippen molar-refractivity contribution in [3.8, 4) is 0 Å². The monoisotopic (exact) mass is 426 g/mol. The Labute approximate surface area is 173 Å². The lowest BCUT2D eigenvalue weighted by Crippen LogP contribution is -1.90. The summed E-state index contributed by atoms with van der Waals surface area (Å²) < 4.78 is 4.01. The van der Waals surface area contributed by atoms with Crippen molar-refractivity contribution in [1.82, 2.24) is 0 Å². The highest BCUT2D eigenvalue weighted by atomic mass is 33.2. The van der Waals surface area contributed by atoms with Crippen molar-refractivity contribution in [3.63, 3.8) is 0 Å². The molecule has 0 saturated heterocycles. The van der Waals surface area contributed by atoms with Crippen LogP contribution >= 0.6 is 28.3 Å². The first kappa shape index (κ1) is 26.3. The normalized spacial score (nSPS) is 13.9. The molecular weight excluding hydrogens is 383 g/mol. The van der Waals surface area contributed by atoms with Gasteiger partial charge in [-0.25, -0.2) is 0 Å². The number of hydrogen-bond acceptors (Lipinski definition) is 3. The fourth-order valence-electron chi connectivity index (χ4n) is 2.87. The Kier molecular flexibility index (Phi) is 21.1. The van der Waals surface area contributed by atoms with Gasteiger partial charge >= 0.3 is 0 Å². The van der Waals surface area contributed by atoms with E-state index in [0.29, 0.717) is 0 Å². The third-order valence-corrected chi connectivity index (χ3v) is 10.3. The van der Waals surface area contributed by atoms with Gasteiger partial charge in [-0.2, -0.15) is 0 Å². The molecule has 0 fully saturated rings. The molecule has 1 atom stereocenters. The maximum atomic E-state index is 5.90. The van der Waals surface area contributed by atoms with Crippen molar-refractivity contribution >= 4 is 40.1 Å². The predicted octanol–water partition coefficient (Wildman–Crippen LogP) is 9.17. The van der Waals surface area contributed by atoms with Crippen LogP contribution in [0, 0.1) is 0 Å². The van der Waals surface area contributed by atoms with Crippen molar-refractivity contribution in [2.24, 2.45) is 0 Å². The molecular formula is C20H43OPS3. The molecule has 25 heavy (non-hydrogen) atoms. The molecule has 0 aromatic carbocycles. The molecule has 0 aliphatic rings. The quantitative estimate of drug-likeness (QED) is 0.118. The second-order valence-corrected chi connectivity index (χ2v) is 16.8. The van der Waals surface area contributed by atoms with Gasteiger partial charge < -0.3 is 4.52 Å². The van der Waals surface area contributed by atoms with Gasteiger partial charge in [-0.3, -0.25) is 0 Å². The van der Waals surface area contributed by atoms with Gasteiger partial charge in [0.05, 0.1) is 6.61 Å². The van der Waals surface area contributed by atoms with E-state index >= 15 is 0 Å². The van der Waals surface area contributed by atoms with E-state index in [1.165, 1.54) is 96.3 Å². The molecule has 152 valence electrons. The molecule has 0 aliphatic heterocycles. The molecule has 0 aromatic rings. The molecule has 0 saturated carbocycles. The Hall–Kier alpha value is 1.31. The molecule has 0 aromatic heterocycles. The maximum absolute atomic E-state index is 5.90. The van der Waals surface area contributed by atoms with Gasteiger partial charge in [-0.05, 0) is 24.6 Å². The summed E-state index contributed by atoms with van der Waals surface area (Å²) in [6.45, 7) is 5.35. The summed E-state index contributed by atoms with van der Waals surface area (Å²) in [5, 5.41) is 0. The molecule has 0 spiro atoms. The lowest BCUT2D eigenvalue weighted by molar-refractivity contribution is 0.347. The number of thiol groups is 1. The van der Waals surface area contributed by atoms with Gasteiger partial charge in [0.1, 0.15) is 0 Å². The van der Waals surface area contributed by atoms with Gasteiger partial charge in [0, 0.05) is 5.75 Å². The second kappa shape index (κ2) is 20.1. The second-order valence-electron chi connectivity index (χ2n) is 7.08. The van der Waals surface area contributed by atoms with E-state index in [-0.39, 0.29) is 0 Å². The summed E-state index contributed by atoms with van der Waals surface area (Å²) >= 11 is 12.0. The summed E-state index contributed by atoms with van der Waals surface area (Å²) in [5.74, 6) is 1.12. The first-order chi connectivity index (χ1) is 12.1. The molecule has 1 unspecified atom stereocenters. The van der Waals surface area contributed by atoms with Gasteiger partial charge in [0.15, 0.2) is 4.67 Å². The Balaban J connectivity index is 3.34. The van der Waals surface area contributed by atoms with E-state index in [4.69, 9.17) is 16.3 Å². The third kappa shape index (κ3) is 21.5. The molecule has 0 amide bonds. The highest BCUT2D eigenvalue weighted by Gasteiger charge is 2.12. The summed E-state index contributed by atoms with van der Waals surface area (Å²) in [6.07, 6.45) is 21.6. The predicted molar refractivity (Wildman–Crippen MR) is 127 cm³/mol. The molecule has 0 rings (SSSR count). The van der Waals surface area contributed by atoms with E-state index in [2.05, 4.69) is 26.1 Å². The van der Waals surface area contributed by atoms with Gasteiger partial charge in [0.2, 0.25) is 0 Å². The molecule has 0 radical (unpaired) electrons. The van der Waals surface area contributed by atoms with Crippen molar-refractivity contribution in [2.45, 2.75) is 117 Å². The van der Waals surface area contributed by atoms with E-state index in [0.717, 1.165) is 18.8 Å². The van der Waals surface area contributed by atoms with E-state index < -0.39 is 4.67 Å². The molecule has 1 nitrogen and oxygen atoms in total. The van der Waals surface area contributed by atoms with Crippen LogP contribution in [0.1, 0.15) is 117 Å². The van der Waals surface area contributed by atoms with Crippen LogP contribution in [0.5, 0.6) is 0 Å². The van der Waals surface area contributed by atoms with E-state index in [9.17, 15) is 0 Å². The van der Waals surface area contributed by atoms with Crippen LogP contribution in [0.2, 0.25) is 0 Å². The zero-order valence-electron chi connectivity index (χ0n) is 16.8. The van der Waals surface area contributed by atoms with Gasteiger partial charge in [-0.1, -0.05) is 115 Å². The highest BCUT2D eigenvalue weighted by molar-refractivity contribution is 8.95. The Morgan fingerprint density at radius 1 is 0.680 bits per heavy atom. The standard InChI is InChI=1S/C20H43OPS3/c1-3-5-7-9-11-13-15-17-19-21-22(23,24)25-20-18-16-14-12-10-8-6-4-2/h3-20H2,1-2H3,(H,23,24). The molecule has 0 heterocycles. The van der Waals surface area contributed by atoms with Crippen LogP contribution in [0.15, 0.2) is 0 Å². The summed E-state index contributed by atoms with van der Waals surface area (Å²) in [6, 6.07) is 0. The van der Waals surface area contributed by atoms with E-state index in [1.807, 2.05) is 0 Å². The Morgan fingerprint density at radius 2 is 1.08 bits per heavy atom. The minimum Gasteiger partial charge on any atom is -0.334 e. The SMILES string of the molecule is CCCCCCCCCCOP(=S)(S)SCCCCCCCCCC. The minimum atomic E-state index is -1.89. The smallest absolute Gasteiger partial charge is 0.171 e. The topological polar surface area (TPSA) is 9.23 Å². The lowest BCUT2D eigenvalue weighted by Gasteiger charge is -2.15. The average molecular weight is 427 g/mol. The Bertz CT molecular complexity index is 287. The Morgan fingerprint density at radius 3 is 1.56 bits per heavy atom. The largest absolute Gasteiger partial charge is 0.334 e.